The fourth-order valence-electron chi connectivity index (χ4n) is 2.23. The molecule has 2 rings (SSSR count). The Morgan fingerprint density at radius 2 is 2.05 bits per heavy atom. The number of amides is 1. The van der Waals surface area contributed by atoms with E-state index in [1.807, 2.05) is 24.0 Å². The Balaban J connectivity index is 2.20. The molecule has 0 spiro atoms. The van der Waals surface area contributed by atoms with Crippen LogP contribution in [0.3, 0.4) is 0 Å². The maximum atomic E-state index is 12.6. The number of aryl methyl sites for hydroxylation is 1. The van der Waals surface area contributed by atoms with Gasteiger partial charge in [0.15, 0.2) is 0 Å². The van der Waals surface area contributed by atoms with Gasteiger partial charge in [-0.2, -0.15) is 0 Å². The van der Waals surface area contributed by atoms with Gasteiger partial charge in [0.1, 0.15) is 0 Å². The average Bonchev–Trinajstić information content (AvgIpc) is 2.53. The molecular formula is C17H21N3O. The summed E-state index contributed by atoms with van der Waals surface area (Å²) in [6, 6.07) is 11.6. The van der Waals surface area contributed by atoms with Crippen LogP contribution in [0.15, 0.2) is 42.6 Å². The van der Waals surface area contributed by atoms with Crippen LogP contribution in [-0.4, -0.2) is 22.3 Å². The molecule has 1 aromatic carbocycles. The molecule has 1 amide bonds. The van der Waals surface area contributed by atoms with Gasteiger partial charge in [-0.3, -0.25) is 9.78 Å². The fraction of sp³-hybridized carbons (Fsp3) is 0.294. The van der Waals surface area contributed by atoms with Crippen LogP contribution >= 0.6 is 0 Å². The van der Waals surface area contributed by atoms with Gasteiger partial charge in [-0.05, 0) is 37.1 Å². The number of rotatable bonds is 5. The zero-order valence-corrected chi connectivity index (χ0v) is 12.5. The van der Waals surface area contributed by atoms with Gasteiger partial charge in [0.05, 0.1) is 5.69 Å². The molecule has 0 aliphatic rings. The van der Waals surface area contributed by atoms with Crippen LogP contribution in [0, 0.1) is 6.92 Å². The first-order chi connectivity index (χ1) is 10.2. The van der Waals surface area contributed by atoms with Crippen LogP contribution in [0.5, 0.6) is 0 Å². The van der Waals surface area contributed by atoms with Crippen molar-refractivity contribution in [3.05, 3.63) is 65.0 Å². The lowest BCUT2D eigenvalue weighted by atomic mass is 10.1. The van der Waals surface area contributed by atoms with E-state index in [1.165, 1.54) is 11.1 Å². The second-order valence-corrected chi connectivity index (χ2v) is 4.99. The minimum Gasteiger partial charge on any atom is -0.335 e. The zero-order chi connectivity index (χ0) is 15.2. The van der Waals surface area contributed by atoms with E-state index < -0.39 is 0 Å². The molecule has 0 radical (unpaired) electrons. The summed E-state index contributed by atoms with van der Waals surface area (Å²) in [6.07, 6.45) is 1.64. The first-order valence-corrected chi connectivity index (χ1v) is 7.14. The van der Waals surface area contributed by atoms with Gasteiger partial charge < -0.3 is 10.6 Å². The minimum atomic E-state index is 0.0119. The smallest absolute Gasteiger partial charge is 0.254 e. The average molecular weight is 283 g/mol. The standard InChI is InChI=1S/C17H21N3O/c1-3-20(12-15-7-5-4-6-13(15)2)17(21)14-8-9-19-16(10-14)11-18/h4-10H,3,11-12,18H2,1-2H3. The minimum absolute atomic E-state index is 0.0119. The quantitative estimate of drug-likeness (QED) is 0.917. The number of benzene rings is 1. The third kappa shape index (κ3) is 3.67. The summed E-state index contributed by atoms with van der Waals surface area (Å²) in [5.41, 5.74) is 9.32. The van der Waals surface area contributed by atoms with Crippen LogP contribution in [0.1, 0.15) is 34.1 Å². The first-order valence-electron chi connectivity index (χ1n) is 7.14. The molecule has 2 N–H and O–H groups in total. The molecule has 0 saturated carbocycles. The molecule has 0 bridgehead atoms. The highest BCUT2D eigenvalue weighted by Gasteiger charge is 2.15. The number of carbonyl (C=O) groups is 1. The van der Waals surface area contributed by atoms with Crippen LogP contribution in [0.4, 0.5) is 0 Å². The molecule has 0 aliphatic heterocycles. The Hall–Kier alpha value is -2.20. The summed E-state index contributed by atoms with van der Waals surface area (Å²) in [4.78, 5) is 18.6. The number of pyridine rings is 1. The second kappa shape index (κ2) is 6.99. The summed E-state index contributed by atoms with van der Waals surface area (Å²) < 4.78 is 0. The van der Waals surface area contributed by atoms with Crippen molar-refractivity contribution in [3.63, 3.8) is 0 Å². The number of carbonyl (C=O) groups excluding carboxylic acids is 1. The number of hydrogen-bond donors (Lipinski definition) is 1. The van der Waals surface area contributed by atoms with Crippen LogP contribution in [0.25, 0.3) is 0 Å². The van der Waals surface area contributed by atoms with E-state index >= 15 is 0 Å². The number of nitrogens with zero attached hydrogens (tertiary/aromatic N) is 2. The highest BCUT2D eigenvalue weighted by molar-refractivity contribution is 5.94. The molecule has 0 unspecified atom stereocenters. The maximum absolute atomic E-state index is 12.6. The molecule has 4 nitrogen and oxygen atoms in total. The summed E-state index contributed by atoms with van der Waals surface area (Å²) >= 11 is 0. The largest absolute Gasteiger partial charge is 0.335 e. The SMILES string of the molecule is CCN(Cc1ccccc1C)C(=O)c1ccnc(CN)c1. The lowest BCUT2D eigenvalue weighted by molar-refractivity contribution is 0.0752. The van der Waals surface area contributed by atoms with E-state index in [1.54, 1.807) is 18.3 Å². The molecule has 2 aromatic rings. The number of nitrogens with two attached hydrogens (primary N) is 1. The normalized spacial score (nSPS) is 10.4. The van der Waals surface area contributed by atoms with Crippen molar-refractivity contribution in [2.24, 2.45) is 5.73 Å². The monoisotopic (exact) mass is 283 g/mol. The highest BCUT2D eigenvalue weighted by atomic mass is 16.2. The Morgan fingerprint density at radius 1 is 1.29 bits per heavy atom. The van der Waals surface area contributed by atoms with E-state index in [4.69, 9.17) is 5.73 Å². The molecule has 0 atom stereocenters. The summed E-state index contributed by atoms with van der Waals surface area (Å²) in [7, 11) is 0. The number of aromatic nitrogens is 1. The lowest BCUT2D eigenvalue weighted by Crippen LogP contribution is -2.30. The predicted octanol–water partition coefficient (Wildman–Crippen LogP) is 2.51. The van der Waals surface area contributed by atoms with Gasteiger partial charge in [-0.15, -0.1) is 0 Å². The molecule has 1 aromatic heterocycles. The van der Waals surface area contributed by atoms with Crippen molar-refractivity contribution >= 4 is 5.91 Å². The molecule has 4 heteroatoms. The summed E-state index contributed by atoms with van der Waals surface area (Å²) in [5, 5.41) is 0. The van der Waals surface area contributed by atoms with Crippen molar-refractivity contribution in [1.29, 1.82) is 0 Å². The molecule has 110 valence electrons. The molecule has 0 fully saturated rings. The van der Waals surface area contributed by atoms with Gasteiger partial charge in [0.25, 0.3) is 5.91 Å². The summed E-state index contributed by atoms with van der Waals surface area (Å²) in [6.45, 7) is 5.66. The fourth-order valence-corrected chi connectivity index (χ4v) is 2.23. The Kier molecular flexibility index (Phi) is 5.06. The van der Waals surface area contributed by atoms with Gasteiger partial charge in [-0.1, -0.05) is 24.3 Å². The first kappa shape index (κ1) is 15.2. The van der Waals surface area contributed by atoms with E-state index in [0.717, 1.165) is 5.69 Å². The third-order valence-corrected chi connectivity index (χ3v) is 3.56. The van der Waals surface area contributed by atoms with Gasteiger partial charge >= 0.3 is 0 Å². The lowest BCUT2D eigenvalue weighted by Gasteiger charge is -2.22. The van der Waals surface area contributed by atoms with Crippen molar-refractivity contribution in [1.82, 2.24) is 9.88 Å². The van der Waals surface area contributed by atoms with Gasteiger partial charge in [0, 0.05) is 31.4 Å². The van der Waals surface area contributed by atoms with E-state index in [0.29, 0.717) is 25.2 Å². The molecule has 21 heavy (non-hydrogen) atoms. The molecular weight excluding hydrogens is 262 g/mol. The third-order valence-electron chi connectivity index (χ3n) is 3.56. The van der Waals surface area contributed by atoms with Crippen molar-refractivity contribution in [2.75, 3.05) is 6.54 Å². The topological polar surface area (TPSA) is 59.2 Å². The van der Waals surface area contributed by atoms with Gasteiger partial charge in [-0.25, -0.2) is 0 Å². The summed E-state index contributed by atoms with van der Waals surface area (Å²) in [5.74, 6) is 0.0119. The van der Waals surface area contributed by atoms with Crippen molar-refractivity contribution < 1.29 is 4.79 Å². The van der Waals surface area contributed by atoms with E-state index in [9.17, 15) is 4.79 Å². The highest BCUT2D eigenvalue weighted by Crippen LogP contribution is 2.13. The molecule has 0 aliphatic carbocycles. The Morgan fingerprint density at radius 3 is 2.71 bits per heavy atom. The van der Waals surface area contributed by atoms with Crippen LogP contribution in [-0.2, 0) is 13.1 Å². The van der Waals surface area contributed by atoms with E-state index in [2.05, 4.69) is 24.0 Å². The predicted molar refractivity (Wildman–Crippen MR) is 83.7 cm³/mol. The second-order valence-electron chi connectivity index (χ2n) is 4.99. The maximum Gasteiger partial charge on any atom is 0.254 e. The van der Waals surface area contributed by atoms with Gasteiger partial charge in [0.2, 0.25) is 0 Å². The van der Waals surface area contributed by atoms with Crippen LogP contribution < -0.4 is 5.73 Å². The van der Waals surface area contributed by atoms with Crippen molar-refractivity contribution in [3.8, 4) is 0 Å². The van der Waals surface area contributed by atoms with Crippen LogP contribution in [0.2, 0.25) is 0 Å². The Labute approximate surface area is 125 Å². The molecule has 1 heterocycles. The van der Waals surface area contributed by atoms with Crippen molar-refractivity contribution in [2.45, 2.75) is 26.9 Å². The Bertz CT molecular complexity index is 625. The van der Waals surface area contributed by atoms with E-state index in [-0.39, 0.29) is 5.91 Å². The number of hydrogen-bond acceptors (Lipinski definition) is 3. The molecule has 0 saturated heterocycles. The zero-order valence-electron chi connectivity index (χ0n) is 12.5.